The third-order valence-corrected chi connectivity index (χ3v) is 5.48. The van der Waals surface area contributed by atoms with Gasteiger partial charge in [0.15, 0.2) is 0 Å². The van der Waals surface area contributed by atoms with Crippen LogP contribution in [0.5, 0.6) is 0 Å². The van der Waals surface area contributed by atoms with E-state index in [1.165, 1.54) is 0 Å². The number of rotatable bonds is 6. The number of likely N-dealkylation sites (tertiary alicyclic amines) is 1. The molecular formula is C26H35N3O4. The highest BCUT2D eigenvalue weighted by atomic mass is 16.6. The molecule has 2 amide bonds. The molecule has 0 aromatic heterocycles. The Morgan fingerprint density at radius 1 is 1.03 bits per heavy atom. The Morgan fingerprint density at radius 3 is 2.36 bits per heavy atom. The van der Waals surface area contributed by atoms with Gasteiger partial charge in [0.1, 0.15) is 11.7 Å². The van der Waals surface area contributed by atoms with Crippen molar-refractivity contribution in [2.45, 2.75) is 45.3 Å². The first-order valence-corrected chi connectivity index (χ1v) is 11.5. The number of ether oxygens (including phenoxy) is 2. The van der Waals surface area contributed by atoms with Crippen LogP contribution in [0.3, 0.4) is 0 Å². The minimum absolute atomic E-state index is 0.109. The average molecular weight is 454 g/mol. The Bertz CT molecular complexity index is 919. The fraction of sp³-hybridized carbons (Fsp3) is 0.462. The molecule has 1 saturated heterocycles. The van der Waals surface area contributed by atoms with Gasteiger partial charge in [-0.3, -0.25) is 5.32 Å². The summed E-state index contributed by atoms with van der Waals surface area (Å²) in [5, 5.41) is 2.85. The summed E-state index contributed by atoms with van der Waals surface area (Å²) in [6, 6.07) is 17.8. The SMILES string of the molecule is CN(CCN1CCC(OC(=O)Nc2cccc(-c3ccccc3)c2)CC1)C(=O)OC(C)(C)C. The van der Waals surface area contributed by atoms with E-state index in [-0.39, 0.29) is 12.2 Å². The Kier molecular flexibility index (Phi) is 8.33. The van der Waals surface area contributed by atoms with Gasteiger partial charge in [-0.15, -0.1) is 0 Å². The number of nitrogens with one attached hydrogen (secondary N) is 1. The molecule has 0 atom stereocenters. The van der Waals surface area contributed by atoms with Gasteiger partial charge in [0.2, 0.25) is 0 Å². The number of hydrogen-bond acceptors (Lipinski definition) is 5. The third kappa shape index (κ3) is 8.09. The van der Waals surface area contributed by atoms with Crippen LogP contribution in [0.15, 0.2) is 54.6 Å². The topological polar surface area (TPSA) is 71.1 Å². The lowest BCUT2D eigenvalue weighted by atomic mass is 10.1. The van der Waals surface area contributed by atoms with Crippen molar-refractivity contribution in [1.29, 1.82) is 0 Å². The number of piperidine rings is 1. The number of amides is 2. The summed E-state index contributed by atoms with van der Waals surface area (Å²) in [4.78, 5) is 28.4. The summed E-state index contributed by atoms with van der Waals surface area (Å²) in [5.74, 6) is 0. The summed E-state index contributed by atoms with van der Waals surface area (Å²) in [7, 11) is 1.75. The van der Waals surface area contributed by atoms with E-state index in [0.29, 0.717) is 12.2 Å². The zero-order chi connectivity index (χ0) is 23.8. The number of anilines is 1. The van der Waals surface area contributed by atoms with E-state index in [4.69, 9.17) is 9.47 Å². The summed E-state index contributed by atoms with van der Waals surface area (Å²) in [5.41, 5.74) is 2.35. The van der Waals surface area contributed by atoms with Crippen molar-refractivity contribution in [3.8, 4) is 11.1 Å². The number of nitrogens with zero attached hydrogens (tertiary/aromatic N) is 2. The molecule has 2 aromatic carbocycles. The van der Waals surface area contributed by atoms with Crippen LogP contribution >= 0.6 is 0 Å². The van der Waals surface area contributed by atoms with E-state index in [1.807, 2.05) is 75.4 Å². The van der Waals surface area contributed by atoms with Crippen LogP contribution in [0.4, 0.5) is 15.3 Å². The van der Waals surface area contributed by atoms with Crippen LogP contribution in [-0.4, -0.2) is 66.9 Å². The maximum absolute atomic E-state index is 12.4. The first-order valence-electron chi connectivity index (χ1n) is 11.5. The molecule has 1 fully saturated rings. The van der Waals surface area contributed by atoms with Gasteiger partial charge in [-0.1, -0.05) is 42.5 Å². The lowest BCUT2D eigenvalue weighted by Crippen LogP contribution is -2.43. The smallest absolute Gasteiger partial charge is 0.411 e. The van der Waals surface area contributed by atoms with Gasteiger partial charge in [0, 0.05) is 38.9 Å². The van der Waals surface area contributed by atoms with Crippen molar-refractivity contribution in [3.05, 3.63) is 54.6 Å². The maximum Gasteiger partial charge on any atom is 0.411 e. The fourth-order valence-corrected chi connectivity index (χ4v) is 3.68. The van der Waals surface area contributed by atoms with Crippen LogP contribution in [0, 0.1) is 0 Å². The highest BCUT2D eigenvalue weighted by Gasteiger charge is 2.24. The van der Waals surface area contributed by atoms with E-state index < -0.39 is 11.7 Å². The van der Waals surface area contributed by atoms with Gasteiger partial charge < -0.3 is 19.3 Å². The summed E-state index contributed by atoms with van der Waals surface area (Å²) >= 11 is 0. The van der Waals surface area contributed by atoms with Crippen LogP contribution in [0.25, 0.3) is 11.1 Å². The zero-order valence-corrected chi connectivity index (χ0v) is 20.0. The summed E-state index contributed by atoms with van der Waals surface area (Å²) in [6.07, 6.45) is 0.695. The minimum Gasteiger partial charge on any atom is -0.446 e. The normalized spacial score (nSPS) is 15.0. The molecule has 1 aliphatic rings. The van der Waals surface area contributed by atoms with Gasteiger partial charge in [0.25, 0.3) is 0 Å². The van der Waals surface area contributed by atoms with E-state index >= 15 is 0 Å². The second-order valence-corrected chi connectivity index (χ2v) is 9.42. The van der Waals surface area contributed by atoms with Gasteiger partial charge >= 0.3 is 12.2 Å². The first kappa shape index (κ1) is 24.6. The molecule has 33 heavy (non-hydrogen) atoms. The molecule has 1 aliphatic heterocycles. The molecule has 0 unspecified atom stereocenters. The van der Waals surface area contributed by atoms with Gasteiger partial charge in [0.05, 0.1) is 0 Å². The molecule has 0 spiro atoms. The number of likely N-dealkylation sites (N-methyl/N-ethyl adjacent to an activating group) is 1. The van der Waals surface area contributed by atoms with E-state index in [1.54, 1.807) is 11.9 Å². The van der Waals surface area contributed by atoms with Crippen molar-refractivity contribution in [2.75, 3.05) is 38.5 Å². The van der Waals surface area contributed by atoms with Gasteiger partial charge in [-0.05, 0) is 56.9 Å². The molecule has 1 heterocycles. The highest BCUT2D eigenvalue weighted by Crippen LogP contribution is 2.23. The molecular weight excluding hydrogens is 418 g/mol. The van der Waals surface area contributed by atoms with Crippen molar-refractivity contribution in [2.24, 2.45) is 0 Å². The molecule has 0 radical (unpaired) electrons. The summed E-state index contributed by atoms with van der Waals surface area (Å²) in [6.45, 7) is 8.59. The van der Waals surface area contributed by atoms with Crippen molar-refractivity contribution in [3.63, 3.8) is 0 Å². The second kappa shape index (κ2) is 11.2. The van der Waals surface area contributed by atoms with Crippen molar-refractivity contribution >= 4 is 17.9 Å². The Hall–Kier alpha value is -3.06. The van der Waals surface area contributed by atoms with E-state index in [2.05, 4.69) is 10.2 Å². The van der Waals surface area contributed by atoms with Crippen LogP contribution in [-0.2, 0) is 9.47 Å². The lowest BCUT2D eigenvalue weighted by Gasteiger charge is -2.33. The van der Waals surface area contributed by atoms with E-state index in [0.717, 1.165) is 43.6 Å². The minimum atomic E-state index is -0.496. The predicted octanol–water partition coefficient (Wildman–Crippen LogP) is 5.23. The Labute approximate surface area is 196 Å². The molecule has 0 aliphatic carbocycles. The summed E-state index contributed by atoms with van der Waals surface area (Å²) < 4.78 is 11.0. The third-order valence-electron chi connectivity index (χ3n) is 5.48. The number of hydrogen-bond donors (Lipinski definition) is 1. The second-order valence-electron chi connectivity index (χ2n) is 9.42. The van der Waals surface area contributed by atoms with E-state index in [9.17, 15) is 9.59 Å². The Morgan fingerprint density at radius 2 is 1.70 bits per heavy atom. The fourth-order valence-electron chi connectivity index (χ4n) is 3.68. The molecule has 7 nitrogen and oxygen atoms in total. The van der Waals surface area contributed by atoms with Gasteiger partial charge in [-0.25, -0.2) is 9.59 Å². The molecule has 3 rings (SSSR count). The van der Waals surface area contributed by atoms with Crippen molar-refractivity contribution < 1.29 is 19.1 Å². The molecule has 178 valence electrons. The lowest BCUT2D eigenvalue weighted by molar-refractivity contribution is 0.0249. The average Bonchev–Trinajstić information content (AvgIpc) is 2.78. The first-order chi connectivity index (χ1) is 15.7. The monoisotopic (exact) mass is 453 g/mol. The Balaban J connectivity index is 1.40. The molecule has 0 bridgehead atoms. The number of benzene rings is 2. The standard InChI is InChI=1S/C26H35N3O4/c1-26(2,3)33-25(31)28(4)17-18-29-15-13-23(14-16-29)32-24(30)27-22-12-8-11-21(19-22)20-9-6-5-7-10-20/h5-12,19,23H,13-18H2,1-4H3,(H,27,30). The highest BCUT2D eigenvalue weighted by molar-refractivity contribution is 5.86. The van der Waals surface area contributed by atoms with Crippen LogP contribution in [0.2, 0.25) is 0 Å². The van der Waals surface area contributed by atoms with Gasteiger partial charge in [-0.2, -0.15) is 0 Å². The zero-order valence-electron chi connectivity index (χ0n) is 20.0. The maximum atomic E-state index is 12.4. The molecule has 2 aromatic rings. The molecule has 1 N–H and O–H groups in total. The quantitative estimate of drug-likeness (QED) is 0.648. The number of carbonyl (C=O) groups excluding carboxylic acids is 2. The van der Waals surface area contributed by atoms with Crippen LogP contribution < -0.4 is 5.32 Å². The van der Waals surface area contributed by atoms with Crippen LogP contribution in [0.1, 0.15) is 33.6 Å². The molecule has 7 heteroatoms. The largest absolute Gasteiger partial charge is 0.446 e. The van der Waals surface area contributed by atoms with Crippen molar-refractivity contribution in [1.82, 2.24) is 9.80 Å². The predicted molar refractivity (Wildman–Crippen MR) is 130 cm³/mol. The molecule has 0 saturated carbocycles. The number of carbonyl (C=O) groups is 2.